The van der Waals surface area contributed by atoms with Gasteiger partial charge in [-0.05, 0) is 35.9 Å². The van der Waals surface area contributed by atoms with Gasteiger partial charge >= 0.3 is 12.0 Å². The molecule has 1 saturated heterocycles. The zero-order chi connectivity index (χ0) is 19.6. The van der Waals surface area contributed by atoms with Gasteiger partial charge in [-0.1, -0.05) is 41.4 Å². The van der Waals surface area contributed by atoms with Crippen LogP contribution in [0.2, 0.25) is 10.0 Å². The van der Waals surface area contributed by atoms with Gasteiger partial charge in [-0.15, -0.1) is 0 Å². The lowest BCUT2D eigenvalue weighted by Gasteiger charge is -2.11. The number of aliphatic carboxylic acids is 1. The monoisotopic (exact) mass is 406 g/mol. The van der Waals surface area contributed by atoms with Crippen molar-refractivity contribution in [3.05, 3.63) is 63.8 Å². The molecule has 2 aromatic rings. The smallest absolute Gasteiger partial charge is 0.341 e. The van der Waals surface area contributed by atoms with Gasteiger partial charge in [-0.3, -0.25) is 4.79 Å². The number of ether oxygens (including phenoxy) is 1. The number of carbonyl (C=O) groups is 3. The van der Waals surface area contributed by atoms with E-state index in [0.717, 1.165) is 4.90 Å². The maximum Gasteiger partial charge on any atom is 0.341 e. The van der Waals surface area contributed by atoms with Gasteiger partial charge in [0.25, 0.3) is 5.91 Å². The number of nitrogens with zero attached hydrogens (tertiary/aromatic N) is 1. The number of para-hydroxylation sites is 1. The minimum atomic E-state index is -1.17. The highest BCUT2D eigenvalue weighted by atomic mass is 35.5. The van der Waals surface area contributed by atoms with Gasteiger partial charge in [0.05, 0.1) is 15.7 Å². The molecular weight excluding hydrogens is 395 g/mol. The number of nitrogens with one attached hydrogen (secondary N) is 1. The normalized spacial score (nSPS) is 15.2. The molecule has 0 spiro atoms. The number of anilines is 1. The molecule has 7 nitrogen and oxygen atoms in total. The molecule has 0 aromatic heterocycles. The number of hydrogen-bond acceptors (Lipinski definition) is 4. The Kier molecular flexibility index (Phi) is 5.34. The summed E-state index contributed by atoms with van der Waals surface area (Å²) in [6.07, 6.45) is 1.42. The molecule has 1 aliphatic heterocycles. The summed E-state index contributed by atoms with van der Waals surface area (Å²) in [5, 5.41) is 11.3. The van der Waals surface area contributed by atoms with E-state index in [1.807, 2.05) is 0 Å². The Labute approximate surface area is 163 Å². The van der Waals surface area contributed by atoms with Crippen LogP contribution in [-0.4, -0.2) is 29.6 Å². The Bertz CT molecular complexity index is 936. The number of imide groups is 1. The molecule has 27 heavy (non-hydrogen) atoms. The molecule has 0 bridgehead atoms. The van der Waals surface area contributed by atoms with Crippen LogP contribution in [0, 0.1) is 0 Å². The first kappa shape index (κ1) is 18.8. The summed E-state index contributed by atoms with van der Waals surface area (Å²) in [6, 6.07) is 10.8. The molecular formula is C18H12Cl2N2O5. The Hall–Kier alpha value is -3.03. The van der Waals surface area contributed by atoms with Crippen LogP contribution in [0.25, 0.3) is 6.08 Å². The minimum Gasteiger partial charge on any atom is -0.479 e. The second-order valence-corrected chi connectivity index (χ2v) is 6.27. The van der Waals surface area contributed by atoms with Crippen molar-refractivity contribution < 1.29 is 24.2 Å². The van der Waals surface area contributed by atoms with Crippen molar-refractivity contribution >= 4 is 52.9 Å². The second kappa shape index (κ2) is 7.69. The maximum absolute atomic E-state index is 12.6. The van der Waals surface area contributed by atoms with Crippen molar-refractivity contribution in [2.24, 2.45) is 0 Å². The van der Waals surface area contributed by atoms with E-state index in [-0.39, 0.29) is 21.5 Å². The van der Waals surface area contributed by atoms with Crippen molar-refractivity contribution in [3.8, 4) is 5.75 Å². The van der Waals surface area contributed by atoms with Crippen LogP contribution in [0.1, 0.15) is 5.56 Å². The molecule has 0 radical (unpaired) electrons. The standard InChI is InChI=1S/C18H12Cl2N2O5/c19-12-6-10(7-13(20)16(12)27-9-15(23)24)8-14-17(25)22(18(26)21-14)11-4-2-1-3-5-11/h1-8H,9H2,(H,21,26)(H,23,24)/b14-8+. The van der Waals surface area contributed by atoms with Crippen molar-refractivity contribution in [1.82, 2.24) is 5.32 Å². The summed E-state index contributed by atoms with van der Waals surface area (Å²) in [4.78, 5) is 36.3. The number of amides is 3. The van der Waals surface area contributed by atoms with E-state index in [0.29, 0.717) is 11.3 Å². The van der Waals surface area contributed by atoms with Crippen LogP contribution in [0.3, 0.4) is 0 Å². The summed E-state index contributed by atoms with van der Waals surface area (Å²) < 4.78 is 5.04. The third-order valence-electron chi connectivity index (χ3n) is 3.56. The number of carboxylic acid groups (broad SMARTS) is 1. The van der Waals surface area contributed by atoms with Crippen LogP contribution in [-0.2, 0) is 9.59 Å². The fourth-order valence-electron chi connectivity index (χ4n) is 2.45. The molecule has 0 aliphatic carbocycles. The number of carboxylic acids is 1. The average molecular weight is 407 g/mol. The molecule has 2 aromatic carbocycles. The first-order valence-corrected chi connectivity index (χ1v) is 8.38. The van der Waals surface area contributed by atoms with Crippen molar-refractivity contribution in [1.29, 1.82) is 0 Å². The molecule has 9 heteroatoms. The predicted molar refractivity (Wildman–Crippen MR) is 100 cm³/mol. The molecule has 0 unspecified atom stereocenters. The summed E-state index contributed by atoms with van der Waals surface area (Å²) in [7, 11) is 0. The molecule has 1 heterocycles. The molecule has 1 fully saturated rings. The van der Waals surface area contributed by atoms with E-state index in [1.54, 1.807) is 30.3 Å². The molecule has 1 aliphatic rings. The van der Waals surface area contributed by atoms with E-state index < -0.39 is 24.5 Å². The van der Waals surface area contributed by atoms with Gasteiger partial charge in [0, 0.05) is 0 Å². The minimum absolute atomic E-state index is 0.0237. The number of halogens is 2. The van der Waals surface area contributed by atoms with Gasteiger partial charge in [0.1, 0.15) is 5.70 Å². The lowest BCUT2D eigenvalue weighted by molar-refractivity contribution is -0.139. The Morgan fingerprint density at radius 2 is 1.78 bits per heavy atom. The van der Waals surface area contributed by atoms with E-state index >= 15 is 0 Å². The maximum atomic E-state index is 12.6. The van der Waals surface area contributed by atoms with Crippen LogP contribution >= 0.6 is 23.2 Å². The molecule has 138 valence electrons. The number of carbonyl (C=O) groups excluding carboxylic acids is 2. The first-order valence-electron chi connectivity index (χ1n) is 7.62. The SMILES string of the molecule is O=C(O)COc1c(Cl)cc(/C=C2/NC(=O)N(c3ccccc3)C2=O)cc1Cl. The Morgan fingerprint density at radius 3 is 2.37 bits per heavy atom. The summed E-state index contributed by atoms with van der Waals surface area (Å²) in [5.74, 6) is -1.67. The number of hydrogen-bond donors (Lipinski definition) is 2. The Balaban J connectivity index is 1.88. The summed E-state index contributed by atoms with van der Waals surface area (Å²) in [6.45, 7) is -0.597. The lowest BCUT2D eigenvalue weighted by atomic mass is 10.1. The molecule has 0 saturated carbocycles. The first-order chi connectivity index (χ1) is 12.9. The molecule has 0 atom stereocenters. The molecule has 2 N–H and O–H groups in total. The number of rotatable bonds is 5. The highest BCUT2D eigenvalue weighted by Gasteiger charge is 2.34. The third kappa shape index (κ3) is 4.05. The number of benzene rings is 2. The van der Waals surface area contributed by atoms with Crippen molar-refractivity contribution in [2.75, 3.05) is 11.5 Å². The van der Waals surface area contributed by atoms with Gasteiger partial charge in [-0.2, -0.15) is 0 Å². The lowest BCUT2D eigenvalue weighted by Crippen LogP contribution is -2.30. The van der Waals surface area contributed by atoms with E-state index in [1.165, 1.54) is 18.2 Å². The van der Waals surface area contributed by atoms with Gasteiger partial charge in [0.15, 0.2) is 12.4 Å². The van der Waals surface area contributed by atoms with Gasteiger partial charge in [0.2, 0.25) is 0 Å². The van der Waals surface area contributed by atoms with Gasteiger partial charge < -0.3 is 15.2 Å². The van der Waals surface area contributed by atoms with Gasteiger partial charge in [-0.25, -0.2) is 14.5 Å². The van der Waals surface area contributed by atoms with E-state index in [2.05, 4.69) is 5.32 Å². The van der Waals surface area contributed by atoms with E-state index in [9.17, 15) is 14.4 Å². The van der Waals surface area contributed by atoms with E-state index in [4.69, 9.17) is 33.0 Å². The van der Waals surface area contributed by atoms with Crippen LogP contribution < -0.4 is 15.0 Å². The molecule has 3 rings (SSSR count). The summed E-state index contributed by atoms with van der Waals surface area (Å²) in [5.41, 5.74) is 0.929. The van der Waals surface area contributed by atoms with Crippen molar-refractivity contribution in [2.45, 2.75) is 0 Å². The predicted octanol–water partition coefficient (Wildman–Crippen LogP) is 3.55. The fourth-order valence-corrected chi connectivity index (χ4v) is 3.06. The highest BCUT2D eigenvalue weighted by Crippen LogP contribution is 2.35. The topological polar surface area (TPSA) is 95.9 Å². The third-order valence-corrected chi connectivity index (χ3v) is 4.13. The van der Waals surface area contributed by atoms with Crippen molar-refractivity contribution in [3.63, 3.8) is 0 Å². The Morgan fingerprint density at radius 1 is 1.15 bits per heavy atom. The van der Waals surface area contributed by atoms with Crippen LogP contribution in [0.4, 0.5) is 10.5 Å². The largest absolute Gasteiger partial charge is 0.479 e. The molecule has 3 amide bonds. The fraction of sp³-hybridized carbons (Fsp3) is 0.0556. The van der Waals surface area contributed by atoms with Crippen LogP contribution in [0.15, 0.2) is 48.2 Å². The zero-order valence-electron chi connectivity index (χ0n) is 13.6. The quantitative estimate of drug-likeness (QED) is 0.584. The highest BCUT2D eigenvalue weighted by molar-refractivity contribution is 6.37. The number of urea groups is 1. The summed E-state index contributed by atoms with van der Waals surface area (Å²) >= 11 is 12.2. The average Bonchev–Trinajstić information content (AvgIpc) is 2.88. The zero-order valence-corrected chi connectivity index (χ0v) is 15.1. The van der Waals surface area contributed by atoms with Crippen LogP contribution in [0.5, 0.6) is 5.75 Å². The second-order valence-electron chi connectivity index (χ2n) is 5.46.